The number of H-pyrrole nitrogens is 1. The highest BCUT2D eigenvalue weighted by molar-refractivity contribution is 5.97. The summed E-state index contributed by atoms with van der Waals surface area (Å²) in [5, 5.41) is 75.4. The van der Waals surface area contributed by atoms with Gasteiger partial charge in [-0.15, -0.1) is 0 Å². The second-order valence-electron chi connectivity index (χ2n) is 13.2. The van der Waals surface area contributed by atoms with Crippen LogP contribution in [0.15, 0.2) is 29.1 Å². The topological polar surface area (TPSA) is 505 Å². The van der Waals surface area contributed by atoms with E-state index in [1.54, 1.807) is 19.2 Å². The number of amides is 1. The number of carboxylic acid groups (broad SMARTS) is 8. The first-order valence-corrected chi connectivity index (χ1v) is 18.3. The summed E-state index contributed by atoms with van der Waals surface area (Å²) in [7, 11) is 1.79. The Labute approximate surface area is 356 Å². The van der Waals surface area contributed by atoms with Crippen LogP contribution in [0.25, 0.3) is 0 Å². The zero-order valence-corrected chi connectivity index (χ0v) is 33.6. The van der Waals surface area contributed by atoms with Gasteiger partial charge in [0.1, 0.15) is 29.9 Å². The highest BCUT2D eigenvalue weighted by atomic mass is 16.4. The molecule has 20 N–H and O–H groups in total. The first kappa shape index (κ1) is 55.4. The Morgan fingerprint density at radius 3 is 1.49 bits per heavy atom. The van der Waals surface area contributed by atoms with E-state index >= 15 is 0 Å². The van der Waals surface area contributed by atoms with E-state index in [1.807, 2.05) is 4.90 Å². The summed E-state index contributed by atoms with van der Waals surface area (Å²) in [5.74, 6) is -9.18. The van der Waals surface area contributed by atoms with Crippen molar-refractivity contribution >= 4 is 76.8 Å². The highest BCUT2D eigenvalue weighted by Crippen LogP contribution is 2.25. The maximum Gasteiger partial charge on any atom is 0.326 e. The summed E-state index contributed by atoms with van der Waals surface area (Å²) >= 11 is 0. The number of carboxylic acids is 8. The molecular formula is C35H52N10O18. The molecule has 0 spiro atoms. The third kappa shape index (κ3) is 23.1. The molecular weight excluding hydrogens is 848 g/mol. The molecule has 0 fully saturated rings. The summed E-state index contributed by atoms with van der Waals surface area (Å²) in [4.78, 5) is 114. The summed E-state index contributed by atoms with van der Waals surface area (Å²) in [6.07, 6.45) is -1.26. The molecule has 1 aromatic heterocycles. The number of aromatic amines is 1. The number of anilines is 4. The number of aromatic nitrogens is 2. The van der Waals surface area contributed by atoms with E-state index in [0.717, 1.165) is 5.69 Å². The zero-order chi connectivity index (χ0) is 48.6. The molecule has 0 aliphatic carbocycles. The highest BCUT2D eigenvalue weighted by Gasteiger charge is 2.27. The van der Waals surface area contributed by atoms with Crippen molar-refractivity contribution in [3.05, 3.63) is 40.2 Å². The minimum atomic E-state index is -1.30. The fraction of sp³-hybridized carbons (Fsp3) is 0.457. The van der Waals surface area contributed by atoms with Crippen molar-refractivity contribution in [2.75, 3.05) is 41.4 Å². The van der Waals surface area contributed by atoms with Gasteiger partial charge in [-0.3, -0.25) is 48.1 Å². The lowest BCUT2D eigenvalue weighted by Crippen LogP contribution is -2.48. The maximum atomic E-state index is 12.3. The number of fused-ring (bicyclic) bond motifs is 1. The number of carbonyl (C=O) groups excluding carboxylic acids is 1. The Balaban J connectivity index is 0.00000104. The SMILES string of the molecule is CN1c2c(nc(N)[nH]c2=O)NCC1CNc1ccc(C(=O)NC(CCC(=O)O)C(=O)O)cc1.N[C@@H](CCC(=O)O)C(=O)O.N[C@@H](CCC(=O)O)C(=O)O.N[C@@H](CCC(=O)O)C(=O)O. The molecule has 5 atom stereocenters. The number of rotatable bonds is 21. The van der Waals surface area contributed by atoms with Gasteiger partial charge in [0.05, 0.1) is 6.04 Å². The van der Waals surface area contributed by atoms with Crippen molar-refractivity contribution in [1.29, 1.82) is 0 Å². The van der Waals surface area contributed by atoms with Gasteiger partial charge in [0.2, 0.25) is 5.95 Å². The van der Waals surface area contributed by atoms with Crippen LogP contribution in [0.4, 0.5) is 23.1 Å². The molecule has 0 saturated carbocycles. The maximum absolute atomic E-state index is 12.3. The van der Waals surface area contributed by atoms with Crippen LogP contribution in [0.1, 0.15) is 61.7 Å². The second kappa shape index (κ2) is 28.0. The molecule has 28 heteroatoms. The van der Waals surface area contributed by atoms with Gasteiger partial charge in [-0.25, -0.2) is 4.79 Å². The number of nitrogens with zero attached hydrogens (tertiary/aromatic N) is 2. The monoisotopic (exact) mass is 900 g/mol. The molecule has 350 valence electrons. The van der Waals surface area contributed by atoms with Crippen molar-refractivity contribution in [2.24, 2.45) is 17.2 Å². The Morgan fingerprint density at radius 1 is 0.698 bits per heavy atom. The molecule has 2 unspecified atom stereocenters. The van der Waals surface area contributed by atoms with Crippen LogP contribution in [0, 0.1) is 0 Å². The Hall–Kier alpha value is -7.59. The standard InChI is InChI=1S/C20H25N7O6.3C5H9NO4/c1-27-12(9-23-16-15(27)18(31)26-20(21)25-16)8-22-11-4-2-10(3-5-11)17(30)24-13(19(32)33)6-7-14(28)29;3*6-3(5(9)10)1-2-4(7)8/h2-5,12-13,22H,6-9H2,1H3,(H,24,30)(H,28,29)(H,32,33)(H4,21,23,25,26,31);3*3H,1-2,6H2,(H,7,8)(H,9,10)/t;3*3-/m.000/s1. The molecule has 2 aromatic rings. The number of benzene rings is 1. The predicted molar refractivity (Wildman–Crippen MR) is 218 cm³/mol. The van der Waals surface area contributed by atoms with E-state index in [2.05, 4.69) is 25.9 Å². The predicted octanol–water partition coefficient (Wildman–Crippen LogP) is -2.47. The number of hydrogen-bond acceptors (Lipinski definition) is 18. The molecule has 63 heavy (non-hydrogen) atoms. The average molecular weight is 901 g/mol. The van der Waals surface area contributed by atoms with Crippen molar-refractivity contribution < 1.29 is 84.0 Å². The largest absolute Gasteiger partial charge is 0.481 e. The van der Waals surface area contributed by atoms with Crippen molar-refractivity contribution in [1.82, 2.24) is 15.3 Å². The van der Waals surface area contributed by atoms with Crippen LogP contribution in [-0.2, 0) is 38.4 Å². The van der Waals surface area contributed by atoms with Crippen molar-refractivity contribution in [3.8, 4) is 0 Å². The lowest BCUT2D eigenvalue weighted by molar-refractivity contribution is -0.142. The first-order valence-electron chi connectivity index (χ1n) is 18.3. The van der Waals surface area contributed by atoms with E-state index in [-0.39, 0.29) is 74.5 Å². The van der Waals surface area contributed by atoms with Gasteiger partial charge in [-0.2, -0.15) is 4.98 Å². The Kier molecular flexibility index (Phi) is 24.7. The number of aliphatic carboxylic acids is 8. The number of likely N-dealkylation sites (N-methyl/N-ethyl adjacent to an activating group) is 1. The molecule has 0 bridgehead atoms. The van der Waals surface area contributed by atoms with E-state index in [0.29, 0.717) is 24.6 Å². The smallest absolute Gasteiger partial charge is 0.326 e. The first-order chi connectivity index (χ1) is 29.3. The molecule has 28 nitrogen and oxygen atoms in total. The number of nitrogen functional groups attached to an aromatic ring is 1. The van der Waals surface area contributed by atoms with E-state index < -0.39 is 77.8 Å². The molecule has 0 saturated heterocycles. The van der Waals surface area contributed by atoms with E-state index in [9.17, 15) is 53.1 Å². The van der Waals surface area contributed by atoms with Crippen LogP contribution < -0.4 is 49.3 Å². The lowest BCUT2D eigenvalue weighted by Gasteiger charge is -2.35. The summed E-state index contributed by atoms with van der Waals surface area (Å²) in [5.41, 5.74) is 21.6. The van der Waals surface area contributed by atoms with Crippen molar-refractivity contribution in [2.45, 2.75) is 81.6 Å². The molecule has 3 rings (SSSR count). The van der Waals surface area contributed by atoms with Gasteiger partial charge in [0.15, 0.2) is 5.82 Å². The van der Waals surface area contributed by atoms with Gasteiger partial charge >= 0.3 is 47.8 Å². The fourth-order valence-corrected chi connectivity index (χ4v) is 4.63. The van der Waals surface area contributed by atoms with Crippen LogP contribution in [0.5, 0.6) is 0 Å². The third-order valence-electron chi connectivity index (χ3n) is 8.22. The van der Waals surface area contributed by atoms with Crippen LogP contribution in [-0.4, -0.2) is 155 Å². The van der Waals surface area contributed by atoms with Crippen molar-refractivity contribution in [3.63, 3.8) is 0 Å². The summed E-state index contributed by atoms with van der Waals surface area (Å²) in [6.45, 7) is 1.01. The quantitative estimate of drug-likeness (QED) is 0.0617. The molecule has 1 aliphatic heterocycles. The third-order valence-corrected chi connectivity index (χ3v) is 8.22. The van der Waals surface area contributed by atoms with Gasteiger partial charge in [0.25, 0.3) is 11.5 Å². The number of hydrogen-bond donors (Lipinski definition) is 16. The van der Waals surface area contributed by atoms with Gasteiger partial charge in [0, 0.05) is 57.1 Å². The van der Waals surface area contributed by atoms with Gasteiger partial charge in [-0.1, -0.05) is 0 Å². The minimum absolute atomic E-state index is 0.0231. The van der Waals surface area contributed by atoms with Crippen LogP contribution in [0.2, 0.25) is 0 Å². The lowest BCUT2D eigenvalue weighted by atomic mass is 10.1. The van der Waals surface area contributed by atoms with E-state index in [4.69, 9.17) is 58.7 Å². The average Bonchev–Trinajstić information content (AvgIpc) is 3.19. The number of nitrogens with one attached hydrogen (secondary N) is 4. The van der Waals surface area contributed by atoms with E-state index in [1.165, 1.54) is 12.1 Å². The Bertz CT molecular complexity index is 1880. The molecule has 2 heterocycles. The molecule has 1 amide bonds. The fourth-order valence-electron chi connectivity index (χ4n) is 4.63. The summed E-state index contributed by atoms with van der Waals surface area (Å²) in [6, 6.07) is 1.85. The van der Waals surface area contributed by atoms with Crippen LogP contribution in [0.3, 0.4) is 0 Å². The normalized spacial score (nSPS) is 14.2. The zero-order valence-electron chi connectivity index (χ0n) is 33.6. The number of carbonyl (C=O) groups is 9. The molecule has 0 radical (unpaired) electrons. The van der Waals surface area contributed by atoms with Crippen LogP contribution >= 0.6 is 0 Å². The Morgan fingerprint density at radius 2 is 1.11 bits per heavy atom. The second-order valence-corrected chi connectivity index (χ2v) is 13.2. The minimum Gasteiger partial charge on any atom is -0.481 e. The van der Waals surface area contributed by atoms with Gasteiger partial charge < -0.3 is 84.6 Å². The molecule has 1 aliphatic rings. The molecule has 1 aromatic carbocycles. The number of nitrogens with two attached hydrogens (primary N) is 4. The summed E-state index contributed by atoms with van der Waals surface area (Å²) < 4.78 is 0. The van der Waals surface area contributed by atoms with Gasteiger partial charge in [-0.05, 0) is 49.9 Å².